The fraction of sp³-hybridized carbons (Fsp3) is 0.364. The van der Waals surface area contributed by atoms with Crippen LogP contribution in [0.4, 0.5) is 5.69 Å². The Labute approximate surface area is 151 Å². The lowest BCUT2D eigenvalue weighted by atomic mass is 10.0. The van der Waals surface area contributed by atoms with Crippen LogP contribution in [-0.2, 0) is 13.0 Å². The van der Waals surface area contributed by atoms with Crippen LogP contribution in [0.5, 0.6) is 11.5 Å². The smallest absolute Gasteiger partial charge is 0.164 e. The molecule has 0 saturated carbocycles. The van der Waals surface area contributed by atoms with Gasteiger partial charge in [0.1, 0.15) is 0 Å². The van der Waals surface area contributed by atoms with Crippen LogP contribution in [0.1, 0.15) is 35.6 Å². The maximum Gasteiger partial charge on any atom is 0.164 e. The second-order valence-electron chi connectivity index (χ2n) is 6.23. The first-order valence-corrected chi connectivity index (χ1v) is 8.84. The lowest BCUT2D eigenvalue weighted by Crippen LogP contribution is -2.06. The van der Waals surface area contributed by atoms with E-state index in [0.717, 1.165) is 42.1 Å². The molecule has 0 aromatic heterocycles. The van der Waals surface area contributed by atoms with Crippen LogP contribution in [0.25, 0.3) is 0 Å². The Kier molecular flexibility index (Phi) is 6.93. The summed E-state index contributed by atoms with van der Waals surface area (Å²) in [4.78, 5) is 0. The summed E-state index contributed by atoms with van der Waals surface area (Å²) < 4.78 is 11.5. The van der Waals surface area contributed by atoms with Gasteiger partial charge in [0.05, 0.1) is 13.7 Å². The monoisotopic (exact) mass is 339 g/mol. The molecule has 2 aromatic carbocycles. The summed E-state index contributed by atoms with van der Waals surface area (Å²) in [6, 6.07) is 10.5. The molecule has 3 nitrogen and oxygen atoms in total. The third kappa shape index (κ3) is 4.79. The van der Waals surface area contributed by atoms with Crippen LogP contribution in [0.15, 0.2) is 43.0 Å². The maximum absolute atomic E-state index is 5.92. The average molecular weight is 339 g/mol. The standard InChI is InChI=1S/C22H29NO2/c1-6-9-19-13-18(14-21(24-5)22(19)25-12-7-2)15-23-20-11-8-10-16(3)17(20)4/h6,8,10-11,13-14,23H,1,7,9,12,15H2,2-5H3. The largest absolute Gasteiger partial charge is 0.493 e. The predicted octanol–water partition coefficient (Wildman–Crippen LogP) is 5.44. The average Bonchev–Trinajstić information content (AvgIpc) is 2.61. The van der Waals surface area contributed by atoms with Crippen LogP contribution in [0.3, 0.4) is 0 Å². The first-order chi connectivity index (χ1) is 12.1. The van der Waals surface area contributed by atoms with Crippen molar-refractivity contribution in [1.29, 1.82) is 0 Å². The van der Waals surface area contributed by atoms with E-state index in [-0.39, 0.29) is 0 Å². The van der Waals surface area contributed by atoms with Gasteiger partial charge in [-0.2, -0.15) is 0 Å². The molecule has 0 fully saturated rings. The fourth-order valence-corrected chi connectivity index (χ4v) is 2.79. The molecule has 0 heterocycles. The summed E-state index contributed by atoms with van der Waals surface area (Å²) in [6.07, 6.45) is 3.62. The summed E-state index contributed by atoms with van der Waals surface area (Å²) in [5.74, 6) is 1.62. The van der Waals surface area contributed by atoms with Crippen molar-refractivity contribution in [3.05, 3.63) is 65.2 Å². The number of allylic oxidation sites excluding steroid dienone is 1. The summed E-state index contributed by atoms with van der Waals surface area (Å²) in [6.45, 7) is 11.7. The summed E-state index contributed by atoms with van der Waals surface area (Å²) in [7, 11) is 1.69. The Morgan fingerprint density at radius 1 is 1.20 bits per heavy atom. The molecule has 0 aliphatic carbocycles. The molecule has 0 bridgehead atoms. The number of ether oxygens (including phenoxy) is 2. The molecular formula is C22H29NO2. The molecule has 0 aliphatic rings. The minimum absolute atomic E-state index is 0.681. The highest BCUT2D eigenvalue weighted by atomic mass is 16.5. The summed E-state index contributed by atoms with van der Waals surface area (Å²) >= 11 is 0. The first-order valence-electron chi connectivity index (χ1n) is 8.84. The molecule has 0 atom stereocenters. The molecular weight excluding hydrogens is 310 g/mol. The third-order valence-corrected chi connectivity index (χ3v) is 4.31. The van der Waals surface area contributed by atoms with Crippen molar-refractivity contribution in [2.24, 2.45) is 0 Å². The molecule has 25 heavy (non-hydrogen) atoms. The van der Waals surface area contributed by atoms with E-state index in [9.17, 15) is 0 Å². The SMILES string of the molecule is C=CCc1cc(CNc2cccc(C)c2C)cc(OC)c1OCCC. The minimum Gasteiger partial charge on any atom is -0.493 e. The molecule has 0 saturated heterocycles. The van der Waals surface area contributed by atoms with Crippen LogP contribution in [-0.4, -0.2) is 13.7 Å². The number of aryl methyl sites for hydroxylation is 1. The van der Waals surface area contributed by atoms with E-state index < -0.39 is 0 Å². The van der Waals surface area contributed by atoms with Gasteiger partial charge in [0, 0.05) is 17.8 Å². The van der Waals surface area contributed by atoms with Crippen molar-refractivity contribution >= 4 is 5.69 Å². The molecule has 0 aliphatic heterocycles. The highest BCUT2D eigenvalue weighted by molar-refractivity contribution is 5.55. The predicted molar refractivity (Wildman–Crippen MR) is 106 cm³/mol. The Bertz CT molecular complexity index is 722. The molecule has 0 amide bonds. The van der Waals surface area contributed by atoms with Gasteiger partial charge in [-0.15, -0.1) is 6.58 Å². The number of hydrogen-bond acceptors (Lipinski definition) is 3. The zero-order valence-corrected chi connectivity index (χ0v) is 15.8. The van der Waals surface area contributed by atoms with Crippen molar-refractivity contribution in [3.8, 4) is 11.5 Å². The Morgan fingerprint density at radius 3 is 2.68 bits per heavy atom. The van der Waals surface area contributed by atoms with Crippen molar-refractivity contribution < 1.29 is 9.47 Å². The van der Waals surface area contributed by atoms with Gasteiger partial charge in [-0.3, -0.25) is 0 Å². The number of anilines is 1. The molecule has 0 unspecified atom stereocenters. The summed E-state index contributed by atoms with van der Waals surface area (Å²) in [5, 5.41) is 3.53. The second kappa shape index (κ2) is 9.16. The zero-order valence-electron chi connectivity index (χ0n) is 15.8. The normalized spacial score (nSPS) is 10.4. The number of rotatable bonds is 9. The quantitative estimate of drug-likeness (QED) is 0.617. The Morgan fingerprint density at radius 2 is 2.00 bits per heavy atom. The zero-order chi connectivity index (χ0) is 18.2. The molecule has 1 N–H and O–H groups in total. The van der Waals surface area contributed by atoms with E-state index in [2.05, 4.69) is 63.0 Å². The van der Waals surface area contributed by atoms with Gasteiger partial charge >= 0.3 is 0 Å². The maximum atomic E-state index is 5.92. The van der Waals surface area contributed by atoms with E-state index in [4.69, 9.17) is 9.47 Å². The fourth-order valence-electron chi connectivity index (χ4n) is 2.79. The van der Waals surface area contributed by atoms with E-state index in [0.29, 0.717) is 6.61 Å². The number of nitrogens with one attached hydrogen (secondary N) is 1. The van der Waals surface area contributed by atoms with Crippen molar-refractivity contribution in [2.75, 3.05) is 19.0 Å². The van der Waals surface area contributed by atoms with Gasteiger partial charge in [-0.25, -0.2) is 0 Å². The van der Waals surface area contributed by atoms with Crippen LogP contribution < -0.4 is 14.8 Å². The molecule has 2 aromatic rings. The van der Waals surface area contributed by atoms with Crippen LogP contribution in [0, 0.1) is 13.8 Å². The Balaban J connectivity index is 2.26. The van der Waals surface area contributed by atoms with Gasteiger partial charge in [0.2, 0.25) is 0 Å². The van der Waals surface area contributed by atoms with Crippen molar-refractivity contribution in [2.45, 2.75) is 40.2 Å². The molecule has 134 valence electrons. The van der Waals surface area contributed by atoms with E-state index in [1.165, 1.54) is 16.7 Å². The topological polar surface area (TPSA) is 30.5 Å². The Hall–Kier alpha value is -2.42. The number of benzene rings is 2. The van der Waals surface area contributed by atoms with Gasteiger partial charge in [0.15, 0.2) is 11.5 Å². The van der Waals surface area contributed by atoms with Gasteiger partial charge in [-0.1, -0.05) is 25.1 Å². The second-order valence-corrected chi connectivity index (χ2v) is 6.23. The van der Waals surface area contributed by atoms with Crippen LogP contribution >= 0.6 is 0 Å². The number of hydrogen-bond donors (Lipinski definition) is 1. The van der Waals surface area contributed by atoms with E-state index >= 15 is 0 Å². The number of methoxy groups -OCH3 is 1. The lowest BCUT2D eigenvalue weighted by Gasteiger charge is -2.17. The third-order valence-electron chi connectivity index (χ3n) is 4.31. The molecule has 0 radical (unpaired) electrons. The lowest BCUT2D eigenvalue weighted by molar-refractivity contribution is 0.291. The highest BCUT2D eigenvalue weighted by Crippen LogP contribution is 2.34. The van der Waals surface area contributed by atoms with E-state index in [1.54, 1.807) is 7.11 Å². The first kappa shape index (κ1) is 18.9. The van der Waals surface area contributed by atoms with Gasteiger partial charge in [0.25, 0.3) is 0 Å². The van der Waals surface area contributed by atoms with Crippen LogP contribution in [0.2, 0.25) is 0 Å². The van der Waals surface area contributed by atoms with Gasteiger partial charge < -0.3 is 14.8 Å². The molecule has 3 heteroatoms. The molecule has 0 spiro atoms. The summed E-state index contributed by atoms with van der Waals surface area (Å²) in [5.41, 5.74) is 6.01. The highest BCUT2D eigenvalue weighted by Gasteiger charge is 2.13. The van der Waals surface area contributed by atoms with E-state index in [1.807, 2.05) is 6.08 Å². The molecule has 2 rings (SSSR count). The van der Waals surface area contributed by atoms with Gasteiger partial charge in [-0.05, 0) is 61.6 Å². The minimum atomic E-state index is 0.681. The van der Waals surface area contributed by atoms with Crippen molar-refractivity contribution in [3.63, 3.8) is 0 Å². The van der Waals surface area contributed by atoms with Crippen molar-refractivity contribution in [1.82, 2.24) is 0 Å².